The van der Waals surface area contributed by atoms with Crippen molar-refractivity contribution in [2.45, 2.75) is 46.0 Å². The number of carbonyl (C=O) groups excluding carboxylic acids is 1. The van der Waals surface area contributed by atoms with Crippen LogP contribution in [-0.2, 0) is 9.53 Å². The molecule has 0 unspecified atom stereocenters. The standard InChI is InChI=1S/C14H27NO3/c1-3-14(4-2,7-8-16)11-15-13(17)12-6-5-9-18-10-12/h12,16H,3-11H2,1-2H3,(H,15,17)/t12-/m1/s1. The SMILES string of the molecule is CCC(CC)(CCO)CNC(=O)[C@@H]1CCCOC1. The molecule has 18 heavy (non-hydrogen) atoms. The van der Waals surface area contributed by atoms with Gasteiger partial charge in [0.05, 0.1) is 12.5 Å². The van der Waals surface area contributed by atoms with Gasteiger partial charge in [-0.1, -0.05) is 13.8 Å². The molecule has 1 amide bonds. The molecule has 4 heteroatoms. The number of hydrogen-bond donors (Lipinski definition) is 2. The Hall–Kier alpha value is -0.610. The van der Waals surface area contributed by atoms with Crippen LogP contribution in [-0.4, -0.2) is 37.4 Å². The number of nitrogens with one attached hydrogen (secondary N) is 1. The predicted molar refractivity (Wildman–Crippen MR) is 71.3 cm³/mol. The maximum Gasteiger partial charge on any atom is 0.225 e. The molecule has 1 rings (SSSR count). The Bertz CT molecular complexity index is 245. The lowest BCUT2D eigenvalue weighted by molar-refractivity contribution is -0.129. The van der Waals surface area contributed by atoms with Crippen LogP contribution in [0.15, 0.2) is 0 Å². The molecule has 0 aromatic rings. The smallest absolute Gasteiger partial charge is 0.225 e. The van der Waals surface area contributed by atoms with E-state index in [4.69, 9.17) is 9.84 Å². The Labute approximate surface area is 110 Å². The Kier molecular flexibility index (Phi) is 6.65. The van der Waals surface area contributed by atoms with Crippen LogP contribution in [0.2, 0.25) is 0 Å². The zero-order chi connectivity index (χ0) is 13.4. The van der Waals surface area contributed by atoms with Crippen molar-refractivity contribution in [1.29, 1.82) is 0 Å². The van der Waals surface area contributed by atoms with Gasteiger partial charge in [0.25, 0.3) is 0 Å². The molecule has 1 aliphatic rings. The monoisotopic (exact) mass is 257 g/mol. The van der Waals surface area contributed by atoms with Gasteiger partial charge in [-0.2, -0.15) is 0 Å². The lowest BCUT2D eigenvalue weighted by Crippen LogP contribution is -2.42. The molecular weight excluding hydrogens is 230 g/mol. The van der Waals surface area contributed by atoms with E-state index in [0.717, 1.165) is 38.7 Å². The first-order valence-corrected chi connectivity index (χ1v) is 7.13. The van der Waals surface area contributed by atoms with Gasteiger partial charge >= 0.3 is 0 Å². The Balaban J connectivity index is 2.43. The number of amides is 1. The van der Waals surface area contributed by atoms with Crippen molar-refractivity contribution < 1.29 is 14.6 Å². The molecule has 0 aromatic heterocycles. The Morgan fingerprint density at radius 3 is 2.67 bits per heavy atom. The first-order valence-electron chi connectivity index (χ1n) is 7.13. The van der Waals surface area contributed by atoms with Crippen LogP contribution in [0.3, 0.4) is 0 Å². The van der Waals surface area contributed by atoms with Crippen LogP contribution >= 0.6 is 0 Å². The van der Waals surface area contributed by atoms with Crippen molar-refractivity contribution in [1.82, 2.24) is 5.32 Å². The number of ether oxygens (including phenoxy) is 1. The lowest BCUT2D eigenvalue weighted by atomic mass is 9.79. The van der Waals surface area contributed by atoms with Crippen molar-refractivity contribution in [3.05, 3.63) is 0 Å². The van der Waals surface area contributed by atoms with Crippen LogP contribution in [0.25, 0.3) is 0 Å². The summed E-state index contributed by atoms with van der Waals surface area (Å²) in [4.78, 5) is 12.0. The molecule has 106 valence electrons. The second kappa shape index (κ2) is 7.74. The number of aliphatic hydroxyl groups excluding tert-OH is 1. The molecule has 0 aliphatic carbocycles. The van der Waals surface area contributed by atoms with Crippen molar-refractivity contribution >= 4 is 5.91 Å². The largest absolute Gasteiger partial charge is 0.396 e. The molecule has 4 nitrogen and oxygen atoms in total. The summed E-state index contributed by atoms with van der Waals surface area (Å²) in [5.41, 5.74) is 0.0416. The highest BCUT2D eigenvalue weighted by Crippen LogP contribution is 2.29. The molecule has 1 aliphatic heterocycles. The third-order valence-electron chi connectivity index (χ3n) is 4.31. The minimum Gasteiger partial charge on any atom is -0.396 e. The summed E-state index contributed by atoms with van der Waals surface area (Å²) in [7, 11) is 0. The van der Waals surface area contributed by atoms with Gasteiger partial charge in [-0.25, -0.2) is 0 Å². The third kappa shape index (κ3) is 4.25. The predicted octanol–water partition coefficient (Wildman–Crippen LogP) is 1.72. The third-order valence-corrected chi connectivity index (χ3v) is 4.31. The minimum absolute atomic E-state index is 0.0132. The second-order valence-corrected chi connectivity index (χ2v) is 5.31. The Morgan fingerprint density at radius 1 is 1.44 bits per heavy atom. The maximum atomic E-state index is 12.0. The van der Waals surface area contributed by atoms with Crippen molar-refractivity contribution in [3.63, 3.8) is 0 Å². The molecule has 0 aromatic carbocycles. The zero-order valence-corrected chi connectivity index (χ0v) is 11.7. The fourth-order valence-electron chi connectivity index (χ4n) is 2.55. The summed E-state index contributed by atoms with van der Waals surface area (Å²) in [6.45, 7) is 6.42. The average molecular weight is 257 g/mol. The van der Waals surface area contributed by atoms with Crippen LogP contribution in [0, 0.1) is 11.3 Å². The highest BCUT2D eigenvalue weighted by atomic mass is 16.5. The fraction of sp³-hybridized carbons (Fsp3) is 0.929. The van der Waals surface area contributed by atoms with Gasteiger partial charge in [-0.15, -0.1) is 0 Å². The van der Waals surface area contributed by atoms with Crippen LogP contribution in [0.5, 0.6) is 0 Å². The van der Waals surface area contributed by atoms with E-state index in [-0.39, 0.29) is 23.8 Å². The van der Waals surface area contributed by atoms with Gasteiger partial charge in [0, 0.05) is 19.8 Å². The molecule has 2 N–H and O–H groups in total. The number of aliphatic hydroxyl groups is 1. The van der Waals surface area contributed by atoms with E-state index in [1.54, 1.807) is 0 Å². The summed E-state index contributed by atoms with van der Waals surface area (Å²) >= 11 is 0. The van der Waals surface area contributed by atoms with Crippen molar-refractivity contribution in [2.24, 2.45) is 11.3 Å². The molecule has 0 bridgehead atoms. The van der Waals surface area contributed by atoms with E-state index in [2.05, 4.69) is 19.2 Å². The van der Waals surface area contributed by atoms with E-state index in [9.17, 15) is 4.79 Å². The molecular formula is C14H27NO3. The fourth-order valence-corrected chi connectivity index (χ4v) is 2.55. The quantitative estimate of drug-likeness (QED) is 0.730. The van der Waals surface area contributed by atoms with E-state index < -0.39 is 0 Å². The minimum atomic E-state index is 0.0132. The van der Waals surface area contributed by atoms with Gasteiger partial charge in [0.1, 0.15) is 0 Å². The highest BCUT2D eigenvalue weighted by Gasteiger charge is 2.28. The summed E-state index contributed by atoms with van der Waals surface area (Å²) in [5, 5.41) is 12.2. The van der Waals surface area contributed by atoms with Crippen LogP contribution < -0.4 is 5.32 Å². The topological polar surface area (TPSA) is 58.6 Å². The highest BCUT2D eigenvalue weighted by molar-refractivity contribution is 5.78. The van der Waals surface area contributed by atoms with E-state index in [0.29, 0.717) is 13.2 Å². The second-order valence-electron chi connectivity index (χ2n) is 5.31. The number of rotatable bonds is 7. The first kappa shape index (κ1) is 15.4. The molecule has 1 fully saturated rings. The Morgan fingerprint density at radius 2 is 2.17 bits per heavy atom. The molecule has 1 heterocycles. The van der Waals surface area contributed by atoms with E-state index in [1.165, 1.54) is 0 Å². The van der Waals surface area contributed by atoms with E-state index >= 15 is 0 Å². The number of carbonyl (C=O) groups is 1. The first-order chi connectivity index (χ1) is 8.67. The van der Waals surface area contributed by atoms with Crippen molar-refractivity contribution in [2.75, 3.05) is 26.4 Å². The molecule has 0 saturated carbocycles. The van der Waals surface area contributed by atoms with Crippen molar-refractivity contribution in [3.8, 4) is 0 Å². The van der Waals surface area contributed by atoms with Gasteiger partial charge in [-0.05, 0) is 37.5 Å². The molecule has 0 spiro atoms. The molecule has 1 saturated heterocycles. The van der Waals surface area contributed by atoms with Gasteiger partial charge < -0.3 is 15.2 Å². The normalized spacial score (nSPS) is 20.7. The number of hydrogen-bond acceptors (Lipinski definition) is 3. The summed E-state index contributed by atoms with van der Waals surface area (Å²) in [5.74, 6) is 0.123. The van der Waals surface area contributed by atoms with E-state index in [1.807, 2.05) is 0 Å². The summed E-state index contributed by atoms with van der Waals surface area (Å²) < 4.78 is 5.33. The maximum absolute atomic E-state index is 12.0. The molecule has 1 atom stereocenters. The summed E-state index contributed by atoms with van der Waals surface area (Å²) in [6.07, 6.45) is 4.61. The van der Waals surface area contributed by atoms with Crippen LogP contribution in [0.4, 0.5) is 0 Å². The van der Waals surface area contributed by atoms with Gasteiger partial charge in [0.2, 0.25) is 5.91 Å². The van der Waals surface area contributed by atoms with Crippen LogP contribution in [0.1, 0.15) is 46.0 Å². The summed E-state index contributed by atoms with van der Waals surface area (Å²) in [6, 6.07) is 0. The van der Waals surface area contributed by atoms with Gasteiger partial charge in [0.15, 0.2) is 0 Å². The van der Waals surface area contributed by atoms with Gasteiger partial charge in [-0.3, -0.25) is 4.79 Å². The average Bonchev–Trinajstić information content (AvgIpc) is 2.44. The lowest BCUT2D eigenvalue weighted by Gasteiger charge is -2.32. The zero-order valence-electron chi connectivity index (χ0n) is 11.7. The molecule has 0 radical (unpaired) electrons.